The summed E-state index contributed by atoms with van der Waals surface area (Å²) in [6, 6.07) is 1.91. The Bertz CT molecular complexity index is 630. The van der Waals surface area contributed by atoms with Gasteiger partial charge in [0.25, 0.3) is 0 Å². The first kappa shape index (κ1) is 16.2. The molecule has 3 heterocycles. The second-order valence-corrected chi connectivity index (χ2v) is 7.48. The number of rotatable bonds is 5. The van der Waals surface area contributed by atoms with Crippen LogP contribution in [0.3, 0.4) is 0 Å². The number of aryl methyl sites for hydroxylation is 3. The molecule has 124 valence electrons. The molecule has 1 aliphatic rings. The molecule has 2 aromatic heterocycles. The van der Waals surface area contributed by atoms with E-state index in [0.29, 0.717) is 12.3 Å². The van der Waals surface area contributed by atoms with Crippen LogP contribution in [0.1, 0.15) is 47.2 Å². The zero-order chi connectivity index (χ0) is 16.2. The van der Waals surface area contributed by atoms with Gasteiger partial charge >= 0.3 is 0 Å². The molecule has 1 aliphatic heterocycles. The van der Waals surface area contributed by atoms with Crippen LogP contribution < -0.4 is 0 Å². The van der Waals surface area contributed by atoms with Gasteiger partial charge in [-0.2, -0.15) is 5.10 Å². The Kier molecular flexibility index (Phi) is 5.10. The molecule has 0 N–H and O–H groups in total. The van der Waals surface area contributed by atoms with Crippen molar-refractivity contribution in [2.75, 3.05) is 13.1 Å². The van der Waals surface area contributed by atoms with Crippen molar-refractivity contribution in [3.05, 3.63) is 34.0 Å². The number of thiazole rings is 1. The van der Waals surface area contributed by atoms with Gasteiger partial charge in [-0.05, 0) is 39.2 Å². The maximum atomic E-state index is 12.5. The molecule has 5 nitrogen and oxygen atoms in total. The second-order valence-electron chi connectivity index (χ2n) is 6.25. The summed E-state index contributed by atoms with van der Waals surface area (Å²) in [6.45, 7) is 6.71. The molecular weight excluding hydrogens is 308 g/mol. The van der Waals surface area contributed by atoms with E-state index in [4.69, 9.17) is 4.98 Å². The van der Waals surface area contributed by atoms with Crippen LogP contribution in [0, 0.1) is 13.8 Å². The van der Waals surface area contributed by atoms with Crippen LogP contribution in [-0.4, -0.2) is 38.7 Å². The van der Waals surface area contributed by atoms with Gasteiger partial charge < -0.3 is 4.90 Å². The lowest BCUT2D eigenvalue weighted by Gasteiger charge is -2.32. The topological polar surface area (TPSA) is 51.0 Å². The quantitative estimate of drug-likeness (QED) is 0.845. The van der Waals surface area contributed by atoms with Crippen molar-refractivity contribution in [3.63, 3.8) is 0 Å². The van der Waals surface area contributed by atoms with Crippen LogP contribution in [-0.2, 0) is 11.3 Å². The van der Waals surface area contributed by atoms with Gasteiger partial charge in [0, 0.05) is 49.2 Å². The minimum Gasteiger partial charge on any atom is -0.342 e. The average Bonchev–Trinajstić information content (AvgIpc) is 3.18. The van der Waals surface area contributed by atoms with Gasteiger partial charge in [0.2, 0.25) is 5.91 Å². The fourth-order valence-corrected chi connectivity index (χ4v) is 4.11. The summed E-state index contributed by atoms with van der Waals surface area (Å²) in [6.07, 6.45) is 7.37. The Morgan fingerprint density at radius 1 is 1.43 bits per heavy atom. The first-order valence-electron chi connectivity index (χ1n) is 8.32. The summed E-state index contributed by atoms with van der Waals surface area (Å²) in [7, 11) is 0. The molecule has 1 fully saturated rings. The SMILES string of the molecule is Cc1nc([C@H]2CCCN(C(=O)CCCn3cccn3)C2)sc1C. The van der Waals surface area contributed by atoms with E-state index in [9.17, 15) is 4.79 Å². The van der Waals surface area contributed by atoms with Crippen molar-refractivity contribution in [3.8, 4) is 0 Å². The van der Waals surface area contributed by atoms with Crippen molar-refractivity contribution < 1.29 is 4.79 Å². The number of hydrogen-bond acceptors (Lipinski definition) is 4. The summed E-state index contributed by atoms with van der Waals surface area (Å²) >= 11 is 1.79. The van der Waals surface area contributed by atoms with Crippen LogP contribution in [0.15, 0.2) is 18.5 Å². The zero-order valence-corrected chi connectivity index (χ0v) is 14.7. The summed E-state index contributed by atoms with van der Waals surface area (Å²) in [5, 5.41) is 5.38. The second kappa shape index (κ2) is 7.25. The summed E-state index contributed by atoms with van der Waals surface area (Å²) < 4.78 is 1.88. The molecule has 6 heteroatoms. The number of carbonyl (C=O) groups is 1. The predicted octanol–water partition coefficient (Wildman–Crippen LogP) is 3.14. The van der Waals surface area contributed by atoms with Crippen molar-refractivity contribution in [1.82, 2.24) is 19.7 Å². The van der Waals surface area contributed by atoms with Crippen molar-refractivity contribution >= 4 is 17.2 Å². The number of likely N-dealkylation sites (tertiary alicyclic amines) is 1. The van der Waals surface area contributed by atoms with Gasteiger partial charge in [0.1, 0.15) is 0 Å². The maximum absolute atomic E-state index is 12.5. The number of nitrogens with zero attached hydrogens (tertiary/aromatic N) is 4. The molecule has 1 saturated heterocycles. The molecule has 0 unspecified atom stereocenters. The van der Waals surface area contributed by atoms with Gasteiger partial charge in [-0.15, -0.1) is 11.3 Å². The van der Waals surface area contributed by atoms with Gasteiger partial charge in [0.15, 0.2) is 0 Å². The molecule has 1 amide bonds. The molecule has 0 bridgehead atoms. The smallest absolute Gasteiger partial charge is 0.222 e. The lowest BCUT2D eigenvalue weighted by molar-refractivity contribution is -0.132. The Hall–Kier alpha value is -1.69. The third kappa shape index (κ3) is 3.99. The van der Waals surface area contributed by atoms with Crippen LogP contribution in [0.5, 0.6) is 0 Å². The highest BCUT2D eigenvalue weighted by molar-refractivity contribution is 7.11. The highest BCUT2D eigenvalue weighted by atomic mass is 32.1. The highest BCUT2D eigenvalue weighted by Gasteiger charge is 2.26. The third-order valence-electron chi connectivity index (χ3n) is 4.51. The average molecular weight is 332 g/mol. The fourth-order valence-electron chi connectivity index (χ4n) is 3.06. The molecule has 2 aromatic rings. The predicted molar refractivity (Wildman–Crippen MR) is 91.6 cm³/mol. The fraction of sp³-hybridized carbons (Fsp3) is 0.588. The van der Waals surface area contributed by atoms with E-state index in [1.807, 2.05) is 21.8 Å². The minimum absolute atomic E-state index is 0.270. The van der Waals surface area contributed by atoms with Crippen LogP contribution in [0.25, 0.3) is 0 Å². The molecule has 23 heavy (non-hydrogen) atoms. The van der Waals surface area contributed by atoms with E-state index in [0.717, 1.165) is 44.6 Å². The highest BCUT2D eigenvalue weighted by Crippen LogP contribution is 2.31. The van der Waals surface area contributed by atoms with Crippen molar-refractivity contribution in [2.45, 2.75) is 52.0 Å². The number of carbonyl (C=O) groups excluding carboxylic acids is 1. The van der Waals surface area contributed by atoms with Crippen LogP contribution in [0.2, 0.25) is 0 Å². The molecular formula is C17H24N4OS. The standard InChI is InChI=1S/C17H24N4OS/c1-13-14(2)23-17(19-13)15-6-3-9-20(12-15)16(22)7-4-10-21-11-5-8-18-21/h5,8,11,15H,3-4,6-7,9-10,12H2,1-2H3/t15-/m0/s1. The van der Waals surface area contributed by atoms with E-state index in [-0.39, 0.29) is 5.91 Å². The molecule has 1 atom stereocenters. The molecule has 3 rings (SSSR count). The van der Waals surface area contributed by atoms with E-state index in [1.54, 1.807) is 17.5 Å². The van der Waals surface area contributed by atoms with E-state index in [2.05, 4.69) is 18.9 Å². The van der Waals surface area contributed by atoms with Gasteiger partial charge in [0.05, 0.1) is 10.7 Å². The number of amides is 1. The molecule has 0 spiro atoms. The molecule has 0 aromatic carbocycles. The zero-order valence-electron chi connectivity index (χ0n) is 13.9. The number of hydrogen-bond donors (Lipinski definition) is 0. The summed E-state index contributed by atoms with van der Waals surface area (Å²) in [4.78, 5) is 20.5. The van der Waals surface area contributed by atoms with Gasteiger partial charge in [-0.1, -0.05) is 0 Å². The van der Waals surface area contributed by atoms with E-state index >= 15 is 0 Å². The van der Waals surface area contributed by atoms with Gasteiger partial charge in [-0.3, -0.25) is 9.48 Å². The number of aromatic nitrogens is 3. The normalized spacial score (nSPS) is 18.3. The first-order valence-corrected chi connectivity index (χ1v) is 9.14. The Balaban J connectivity index is 1.52. The lowest BCUT2D eigenvalue weighted by atomic mass is 9.98. The van der Waals surface area contributed by atoms with Crippen molar-refractivity contribution in [2.24, 2.45) is 0 Å². The number of piperidine rings is 1. The Morgan fingerprint density at radius 2 is 2.30 bits per heavy atom. The van der Waals surface area contributed by atoms with E-state index < -0.39 is 0 Å². The largest absolute Gasteiger partial charge is 0.342 e. The van der Waals surface area contributed by atoms with Crippen LogP contribution >= 0.6 is 11.3 Å². The lowest BCUT2D eigenvalue weighted by Crippen LogP contribution is -2.39. The summed E-state index contributed by atoms with van der Waals surface area (Å²) in [5.41, 5.74) is 1.13. The minimum atomic E-state index is 0.270. The monoisotopic (exact) mass is 332 g/mol. The first-order chi connectivity index (χ1) is 11.1. The third-order valence-corrected chi connectivity index (χ3v) is 5.74. The van der Waals surface area contributed by atoms with Gasteiger partial charge in [-0.25, -0.2) is 4.98 Å². The van der Waals surface area contributed by atoms with E-state index in [1.165, 1.54) is 9.88 Å². The maximum Gasteiger partial charge on any atom is 0.222 e. The van der Waals surface area contributed by atoms with Crippen molar-refractivity contribution in [1.29, 1.82) is 0 Å². The van der Waals surface area contributed by atoms with Crippen LogP contribution in [0.4, 0.5) is 0 Å². The molecule has 0 radical (unpaired) electrons. The molecule has 0 saturated carbocycles. The Labute approximate surface area is 141 Å². The molecule has 0 aliphatic carbocycles. The summed E-state index contributed by atoms with van der Waals surface area (Å²) in [5.74, 6) is 0.683. The Morgan fingerprint density at radius 3 is 3.00 bits per heavy atom.